The second-order valence-corrected chi connectivity index (χ2v) is 4.29. The van der Waals surface area contributed by atoms with E-state index in [0.29, 0.717) is 11.5 Å². The van der Waals surface area contributed by atoms with Gasteiger partial charge in [0.05, 0.1) is 13.7 Å². The minimum Gasteiger partial charge on any atom is -0.463 e. The van der Waals surface area contributed by atoms with Crippen molar-refractivity contribution in [1.82, 2.24) is 15.3 Å². The predicted octanol–water partition coefficient (Wildman–Crippen LogP) is 0.508. The van der Waals surface area contributed by atoms with Crippen molar-refractivity contribution in [1.29, 1.82) is 0 Å². The van der Waals surface area contributed by atoms with Crippen molar-refractivity contribution >= 4 is 17.7 Å². The summed E-state index contributed by atoms with van der Waals surface area (Å²) >= 11 is 0. The summed E-state index contributed by atoms with van der Waals surface area (Å²) in [5.41, 5.74) is 0.613. The van der Waals surface area contributed by atoms with E-state index in [1.165, 1.54) is 7.11 Å². The van der Waals surface area contributed by atoms with Gasteiger partial charge in [-0.3, -0.25) is 4.79 Å². The fraction of sp³-hybridized carbons (Fsp3) is 0.500. The quantitative estimate of drug-likeness (QED) is 0.754. The summed E-state index contributed by atoms with van der Waals surface area (Å²) in [7, 11) is 1.26. The predicted molar refractivity (Wildman–Crippen MR) is 69.9 cm³/mol. The molecule has 7 nitrogen and oxygen atoms in total. The number of carbonyl (C=O) groups is 2. The number of carbonyl (C=O) groups excluding carboxylic acids is 2. The van der Waals surface area contributed by atoms with Gasteiger partial charge in [0.25, 0.3) is 0 Å². The number of hydrogen-bond acceptors (Lipinski definition) is 6. The van der Waals surface area contributed by atoms with Crippen LogP contribution < -0.4 is 10.6 Å². The number of amides is 1. The fourth-order valence-corrected chi connectivity index (χ4v) is 1.39. The molecular formula is C12H18N4O3. The SMILES string of the molecule is COC(=O)c1nc(C)cc(NCC(=O)NC(C)C)n1. The molecule has 104 valence electrons. The van der Waals surface area contributed by atoms with Gasteiger partial charge in [-0.15, -0.1) is 0 Å². The lowest BCUT2D eigenvalue weighted by molar-refractivity contribution is -0.119. The highest BCUT2D eigenvalue weighted by atomic mass is 16.5. The Morgan fingerprint density at radius 1 is 1.37 bits per heavy atom. The van der Waals surface area contributed by atoms with Crippen molar-refractivity contribution in [3.8, 4) is 0 Å². The zero-order chi connectivity index (χ0) is 14.4. The number of rotatable bonds is 5. The Kier molecular flexibility index (Phi) is 5.23. The minimum atomic E-state index is -0.613. The summed E-state index contributed by atoms with van der Waals surface area (Å²) in [5.74, 6) is -0.384. The second-order valence-electron chi connectivity index (χ2n) is 4.29. The highest BCUT2D eigenvalue weighted by Crippen LogP contribution is 2.06. The fourth-order valence-electron chi connectivity index (χ4n) is 1.39. The summed E-state index contributed by atoms with van der Waals surface area (Å²) < 4.78 is 4.55. The maximum Gasteiger partial charge on any atom is 0.376 e. The zero-order valence-corrected chi connectivity index (χ0v) is 11.5. The lowest BCUT2D eigenvalue weighted by Crippen LogP contribution is -2.35. The molecule has 0 fully saturated rings. The molecule has 1 aromatic rings. The highest BCUT2D eigenvalue weighted by Gasteiger charge is 2.12. The first-order valence-corrected chi connectivity index (χ1v) is 5.89. The minimum absolute atomic E-state index is 0.0331. The summed E-state index contributed by atoms with van der Waals surface area (Å²) in [5, 5.41) is 5.58. The van der Waals surface area contributed by atoms with E-state index in [0.717, 1.165) is 0 Å². The van der Waals surface area contributed by atoms with Crippen LogP contribution in [0.4, 0.5) is 5.82 Å². The molecule has 7 heteroatoms. The largest absolute Gasteiger partial charge is 0.463 e. The molecule has 0 saturated heterocycles. The van der Waals surface area contributed by atoms with Crippen LogP contribution in [-0.4, -0.2) is 41.5 Å². The Morgan fingerprint density at radius 3 is 2.63 bits per heavy atom. The van der Waals surface area contributed by atoms with E-state index in [-0.39, 0.29) is 24.3 Å². The second kappa shape index (κ2) is 6.67. The van der Waals surface area contributed by atoms with Crippen LogP contribution in [0.2, 0.25) is 0 Å². The molecule has 0 saturated carbocycles. The Bertz CT molecular complexity index is 474. The number of methoxy groups -OCH3 is 1. The number of hydrogen-bond donors (Lipinski definition) is 2. The van der Waals surface area contributed by atoms with Crippen LogP contribution >= 0.6 is 0 Å². The summed E-state index contributed by atoms with van der Waals surface area (Å²) in [6.07, 6.45) is 0. The number of nitrogens with zero attached hydrogens (tertiary/aromatic N) is 2. The van der Waals surface area contributed by atoms with Crippen LogP contribution in [0.5, 0.6) is 0 Å². The molecule has 0 aliphatic rings. The molecule has 19 heavy (non-hydrogen) atoms. The van der Waals surface area contributed by atoms with Crippen molar-refractivity contribution in [2.75, 3.05) is 19.0 Å². The molecule has 1 aromatic heterocycles. The van der Waals surface area contributed by atoms with Gasteiger partial charge in [-0.1, -0.05) is 0 Å². The third kappa shape index (κ3) is 4.90. The molecule has 0 spiro atoms. The standard InChI is InChI=1S/C12H18N4O3/c1-7(2)14-10(17)6-13-9-5-8(3)15-11(16-9)12(18)19-4/h5,7H,6H2,1-4H3,(H,14,17)(H,13,15,16). The topological polar surface area (TPSA) is 93.2 Å². The van der Waals surface area contributed by atoms with Crippen molar-refractivity contribution in [3.63, 3.8) is 0 Å². The van der Waals surface area contributed by atoms with Crippen molar-refractivity contribution in [3.05, 3.63) is 17.6 Å². The van der Waals surface area contributed by atoms with Crippen molar-refractivity contribution < 1.29 is 14.3 Å². The van der Waals surface area contributed by atoms with Gasteiger partial charge in [0.1, 0.15) is 5.82 Å². The first-order valence-electron chi connectivity index (χ1n) is 5.89. The van der Waals surface area contributed by atoms with Gasteiger partial charge in [0.15, 0.2) is 0 Å². The van der Waals surface area contributed by atoms with Crippen LogP contribution in [0.1, 0.15) is 30.2 Å². The number of anilines is 1. The number of esters is 1. The average Bonchev–Trinajstić information content (AvgIpc) is 2.34. The van der Waals surface area contributed by atoms with E-state index < -0.39 is 5.97 Å². The van der Waals surface area contributed by atoms with Gasteiger partial charge in [0.2, 0.25) is 11.7 Å². The first kappa shape index (κ1) is 14.9. The third-order valence-corrected chi connectivity index (χ3v) is 2.10. The smallest absolute Gasteiger partial charge is 0.376 e. The van der Waals surface area contributed by atoms with Crippen LogP contribution in [0, 0.1) is 6.92 Å². The molecule has 2 N–H and O–H groups in total. The Hall–Kier alpha value is -2.18. The average molecular weight is 266 g/mol. The molecule has 1 heterocycles. The molecule has 0 bridgehead atoms. The molecule has 0 aliphatic heterocycles. The van der Waals surface area contributed by atoms with Gasteiger partial charge in [-0.05, 0) is 20.8 Å². The van der Waals surface area contributed by atoms with Gasteiger partial charge < -0.3 is 15.4 Å². The lowest BCUT2D eigenvalue weighted by atomic mass is 10.3. The summed E-state index contributed by atoms with van der Waals surface area (Å²) in [4.78, 5) is 30.8. The molecule has 0 aliphatic carbocycles. The Balaban J connectivity index is 2.71. The highest BCUT2D eigenvalue weighted by molar-refractivity contribution is 5.85. The molecule has 1 amide bonds. The Morgan fingerprint density at radius 2 is 2.05 bits per heavy atom. The Labute approximate surface area is 111 Å². The number of aryl methyl sites for hydroxylation is 1. The molecule has 0 radical (unpaired) electrons. The number of aromatic nitrogens is 2. The van der Waals surface area contributed by atoms with E-state index in [9.17, 15) is 9.59 Å². The summed E-state index contributed by atoms with van der Waals surface area (Å²) in [6.45, 7) is 5.56. The van der Waals surface area contributed by atoms with Crippen LogP contribution in [0.3, 0.4) is 0 Å². The number of ether oxygens (including phenoxy) is 1. The van der Waals surface area contributed by atoms with E-state index in [4.69, 9.17) is 0 Å². The van der Waals surface area contributed by atoms with Gasteiger partial charge in [-0.25, -0.2) is 14.8 Å². The normalized spacial score (nSPS) is 10.2. The van der Waals surface area contributed by atoms with E-state index in [2.05, 4.69) is 25.3 Å². The van der Waals surface area contributed by atoms with E-state index >= 15 is 0 Å². The van der Waals surface area contributed by atoms with Crippen LogP contribution in [0.15, 0.2) is 6.07 Å². The maximum absolute atomic E-state index is 11.5. The number of nitrogens with one attached hydrogen (secondary N) is 2. The monoisotopic (exact) mass is 266 g/mol. The third-order valence-electron chi connectivity index (χ3n) is 2.10. The maximum atomic E-state index is 11.5. The first-order chi connectivity index (χ1) is 8.92. The van der Waals surface area contributed by atoms with Gasteiger partial charge in [0, 0.05) is 17.8 Å². The van der Waals surface area contributed by atoms with E-state index in [1.807, 2.05) is 13.8 Å². The summed E-state index contributed by atoms with van der Waals surface area (Å²) in [6, 6.07) is 1.72. The lowest BCUT2D eigenvalue weighted by Gasteiger charge is -2.10. The molecule has 1 rings (SSSR count). The molecule has 0 aromatic carbocycles. The molecular weight excluding hydrogens is 248 g/mol. The van der Waals surface area contributed by atoms with Crippen LogP contribution in [-0.2, 0) is 9.53 Å². The molecule has 0 unspecified atom stereocenters. The molecule has 0 atom stereocenters. The van der Waals surface area contributed by atoms with Gasteiger partial charge >= 0.3 is 5.97 Å². The van der Waals surface area contributed by atoms with Crippen molar-refractivity contribution in [2.24, 2.45) is 0 Å². The van der Waals surface area contributed by atoms with E-state index in [1.54, 1.807) is 13.0 Å². The van der Waals surface area contributed by atoms with Crippen LogP contribution in [0.25, 0.3) is 0 Å². The van der Waals surface area contributed by atoms with Crippen molar-refractivity contribution in [2.45, 2.75) is 26.8 Å². The zero-order valence-electron chi connectivity index (χ0n) is 11.5. The van der Waals surface area contributed by atoms with Gasteiger partial charge in [-0.2, -0.15) is 0 Å².